The molecule has 0 amide bonds. The van der Waals surface area contributed by atoms with E-state index in [9.17, 15) is 5.11 Å². The Hall–Kier alpha value is -3.51. The second kappa shape index (κ2) is 8.88. The number of hydrazone groups is 1. The lowest BCUT2D eigenvalue weighted by atomic mass is 10.1. The Morgan fingerprint density at radius 1 is 0.833 bits per heavy atom. The minimum absolute atomic E-state index is 0.171. The average Bonchev–Trinajstić information content (AvgIpc) is 2.79. The van der Waals surface area contributed by atoms with Crippen LogP contribution in [0.2, 0.25) is 0 Å². The molecule has 0 radical (unpaired) electrons. The Bertz CT molecular complexity index is 1180. The third-order valence-electron chi connectivity index (χ3n) is 4.52. The summed E-state index contributed by atoms with van der Waals surface area (Å²) in [7, 11) is 1.78. The quantitative estimate of drug-likeness (QED) is 0.305. The van der Waals surface area contributed by atoms with Crippen molar-refractivity contribution in [3.63, 3.8) is 0 Å². The zero-order valence-electron chi connectivity index (χ0n) is 16.3. The Kier molecular flexibility index (Phi) is 5.86. The van der Waals surface area contributed by atoms with E-state index in [0.717, 1.165) is 27.0 Å². The van der Waals surface area contributed by atoms with Crippen LogP contribution in [0.25, 0.3) is 22.5 Å². The van der Waals surface area contributed by atoms with E-state index in [-0.39, 0.29) is 5.75 Å². The summed E-state index contributed by atoms with van der Waals surface area (Å²) in [4.78, 5) is 9.43. The number of benzene rings is 3. The van der Waals surface area contributed by atoms with E-state index in [4.69, 9.17) is 9.97 Å². The molecule has 3 aromatic carbocycles. The van der Waals surface area contributed by atoms with Gasteiger partial charge in [0.15, 0.2) is 0 Å². The maximum absolute atomic E-state index is 9.96. The highest BCUT2D eigenvalue weighted by Crippen LogP contribution is 2.27. The van der Waals surface area contributed by atoms with E-state index in [2.05, 4.69) is 21.0 Å². The first-order chi connectivity index (χ1) is 14.6. The van der Waals surface area contributed by atoms with Gasteiger partial charge in [-0.05, 0) is 30.3 Å². The monoisotopic (exact) mass is 458 g/mol. The van der Waals surface area contributed by atoms with Crippen LogP contribution >= 0.6 is 15.9 Å². The predicted octanol–water partition coefficient (Wildman–Crippen LogP) is 5.75. The molecule has 4 rings (SSSR count). The normalized spacial score (nSPS) is 11.0. The van der Waals surface area contributed by atoms with Crippen molar-refractivity contribution in [1.29, 1.82) is 0 Å². The van der Waals surface area contributed by atoms with Crippen molar-refractivity contribution in [1.82, 2.24) is 9.97 Å². The lowest BCUT2D eigenvalue weighted by Crippen LogP contribution is -2.13. The topological polar surface area (TPSA) is 61.6 Å². The van der Waals surface area contributed by atoms with Gasteiger partial charge in [0.25, 0.3) is 0 Å². The summed E-state index contributed by atoms with van der Waals surface area (Å²) in [5.74, 6) is 0.630. The van der Waals surface area contributed by atoms with E-state index >= 15 is 0 Å². The molecule has 0 saturated heterocycles. The first-order valence-corrected chi connectivity index (χ1v) is 10.2. The number of halogens is 1. The molecule has 4 aromatic rings. The van der Waals surface area contributed by atoms with Gasteiger partial charge in [0.05, 0.1) is 17.6 Å². The molecule has 148 valence electrons. The lowest BCUT2D eigenvalue weighted by Gasteiger charge is -2.14. The number of anilines is 1. The van der Waals surface area contributed by atoms with E-state index in [0.29, 0.717) is 11.5 Å². The number of para-hydroxylation sites is 1. The zero-order chi connectivity index (χ0) is 20.9. The highest BCUT2D eigenvalue weighted by atomic mass is 79.9. The molecule has 30 heavy (non-hydrogen) atoms. The van der Waals surface area contributed by atoms with E-state index in [1.807, 2.05) is 66.7 Å². The molecule has 6 heteroatoms. The van der Waals surface area contributed by atoms with Crippen LogP contribution in [0, 0.1) is 0 Å². The molecular formula is C24H19BrN4O. The molecule has 0 aliphatic rings. The molecule has 1 aromatic heterocycles. The fraction of sp³-hybridized carbons (Fsp3) is 0.0417. The van der Waals surface area contributed by atoms with Gasteiger partial charge >= 0.3 is 0 Å². The van der Waals surface area contributed by atoms with Crippen LogP contribution in [0.3, 0.4) is 0 Å². The number of aromatic nitrogens is 2. The fourth-order valence-electron chi connectivity index (χ4n) is 2.90. The molecule has 0 fully saturated rings. The van der Waals surface area contributed by atoms with Crippen molar-refractivity contribution in [2.45, 2.75) is 0 Å². The molecule has 1 heterocycles. The predicted molar refractivity (Wildman–Crippen MR) is 125 cm³/mol. The van der Waals surface area contributed by atoms with Crippen molar-refractivity contribution < 1.29 is 5.11 Å². The smallest absolute Gasteiger partial charge is 0.247 e. The minimum Gasteiger partial charge on any atom is -0.507 e. The number of aromatic hydroxyl groups is 1. The summed E-state index contributed by atoms with van der Waals surface area (Å²) in [6.07, 6.45) is 1.59. The zero-order valence-corrected chi connectivity index (χ0v) is 17.9. The van der Waals surface area contributed by atoms with Crippen LogP contribution < -0.4 is 5.01 Å². The largest absolute Gasteiger partial charge is 0.507 e. The molecule has 0 aliphatic carbocycles. The molecule has 5 nitrogen and oxygen atoms in total. The first kappa shape index (κ1) is 19.8. The number of hydrogen-bond donors (Lipinski definition) is 1. The van der Waals surface area contributed by atoms with Crippen LogP contribution in [0.15, 0.2) is 94.5 Å². The molecule has 0 aliphatic heterocycles. The Balaban J connectivity index is 1.75. The van der Waals surface area contributed by atoms with E-state index in [1.54, 1.807) is 36.5 Å². The Labute approximate surface area is 183 Å². The molecular weight excluding hydrogens is 440 g/mol. The van der Waals surface area contributed by atoms with Gasteiger partial charge in [0, 0.05) is 28.2 Å². The van der Waals surface area contributed by atoms with Crippen molar-refractivity contribution in [3.8, 4) is 28.3 Å². The summed E-state index contributed by atoms with van der Waals surface area (Å²) >= 11 is 3.47. The molecule has 0 spiro atoms. The number of hydrogen-bond acceptors (Lipinski definition) is 5. The van der Waals surface area contributed by atoms with Crippen LogP contribution in [-0.4, -0.2) is 28.3 Å². The molecule has 0 saturated carbocycles. The van der Waals surface area contributed by atoms with Crippen LogP contribution in [0.1, 0.15) is 5.56 Å². The van der Waals surface area contributed by atoms with Gasteiger partial charge in [-0.25, -0.2) is 15.0 Å². The minimum atomic E-state index is 0.171. The third-order valence-corrected chi connectivity index (χ3v) is 5.05. The van der Waals surface area contributed by atoms with Crippen LogP contribution in [0.4, 0.5) is 5.95 Å². The molecule has 1 N–H and O–H groups in total. The van der Waals surface area contributed by atoms with E-state index in [1.165, 1.54) is 0 Å². The molecule has 0 unspecified atom stereocenters. The van der Waals surface area contributed by atoms with Gasteiger partial charge in [-0.1, -0.05) is 70.5 Å². The van der Waals surface area contributed by atoms with Gasteiger partial charge in [0.1, 0.15) is 5.75 Å². The van der Waals surface area contributed by atoms with Gasteiger partial charge in [-0.3, -0.25) is 0 Å². The first-order valence-electron chi connectivity index (χ1n) is 9.36. The van der Waals surface area contributed by atoms with Crippen molar-refractivity contribution in [2.24, 2.45) is 5.10 Å². The number of nitrogens with zero attached hydrogens (tertiary/aromatic N) is 4. The summed E-state index contributed by atoms with van der Waals surface area (Å²) in [6, 6.07) is 27.0. The number of phenols is 1. The summed E-state index contributed by atoms with van der Waals surface area (Å²) in [5.41, 5.74) is 4.21. The maximum atomic E-state index is 9.96. The maximum Gasteiger partial charge on any atom is 0.247 e. The summed E-state index contributed by atoms with van der Waals surface area (Å²) in [5, 5.41) is 16.0. The summed E-state index contributed by atoms with van der Waals surface area (Å²) < 4.78 is 1.01. The number of phenolic OH excluding ortho intramolecular Hbond substituents is 1. The summed E-state index contributed by atoms with van der Waals surface area (Å²) in [6.45, 7) is 0. The second-order valence-electron chi connectivity index (χ2n) is 6.64. The highest BCUT2D eigenvalue weighted by molar-refractivity contribution is 9.10. The Morgan fingerprint density at radius 2 is 1.43 bits per heavy atom. The lowest BCUT2D eigenvalue weighted by molar-refractivity contribution is 0.474. The van der Waals surface area contributed by atoms with Crippen molar-refractivity contribution in [2.75, 3.05) is 12.1 Å². The second-order valence-corrected chi connectivity index (χ2v) is 7.55. The van der Waals surface area contributed by atoms with Gasteiger partial charge in [-0.15, -0.1) is 0 Å². The fourth-order valence-corrected chi connectivity index (χ4v) is 3.17. The highest BCUT2D eigenvalue weighted by Gasteiger charge is 2.11. The van der Waals surface area contributed by atoms with Crippen LogP contribution in [-0.2, 0) is 0 Å². The molecule has 0 atom stereocenters. The standard InChI is InChI=1S/C24H19BrN4O/c1-29(26-16-19-9-5-6-10-23(19)30)24-27-21(17-7-3-2-4-8-17)15-22(28-24)18-11-13-20(25)14-12-18/h2-16,30H,1H3. The van der Waals surface area contributed by atoms with Crippen molar-refractivity contribution >= 4 is 28.1 Å². The van der Waals surface area contributed by atoms with Crippen molar-refractivity contribution in [3.05, 3.63) is 95.0 Å². The Morgan fingerprint density at radius 3 is 2.10 bits per heavy atom. The SMILES string of the molecule is CN(N=Cc1ccccc1O)c1nc(-c2ccccc2)cc(-c2ccc(Br)cc2)n1. The third kappa shape index (κ3) is 4.55. The van der Waals surface area contributed by atoms with Crippen LogP contribution in [0.5, 0.6) is 5.75 Å². The van der Waals surface area contributed by atoms with Gasteiger partial charge in [0.2, 0.25) is 5.95 Å². The molecule has 0 bridgehead atoms. The van der Waals surface area contributed by atoms with Gasteiger partial charge < -0.3 is 5.11 Å². The number of rotatable bonds is 5. The van der Waals surface area contributed by atoms with E-state index < -0.39 is 0 Å². The average molecular weight is 459 g/mol. The van der Waals surface area contributed by atoms with Gasteiger partial charge in [-0.2, -0.15) is 5.10 Å².